The van der Waals surface area contributed by atoms with E-state index in [0.29, 0.717) is 49.4 Å². The fourth-order valence-corrected chi connectivity index (χ4v) is 8.27. The molecule has 0 aliphatic carbocycles. The number of aromatic nitrogens is 4. The van der Waals surface area contributed by atoms with Crippen molar-refractivity contribution < 1.29 is 28.8 Å². The molecule has 1 atom stereocenters. The predicted octanol–water partition coefficient (Wildman–Crippen LogP) is 6.33. The van der Waals surface area contributed by atoms with Crippen LogP contribution in [0.1, 0.15) is 68.7 Å². The van der Waals surface area contributed by atoms with Crippen LogP contribution in [0.25, 0.3) is 5.00 Å². The van der Waals surface area contributed by atoms with Crippen LogP contribution >= 0.6 is 34.3 Å². The molecule has 17 nitrogen and oxygen atoms in total. The van der Waals surface area contributed by atoms with Crippen LogP contribution in [0.4, 0.5) is 21.5 Å². The summed E-state index contributed by atoms with van der Waals surface area (Å²) < 4.78 is 13.4. The summed E-state index contributed by atoms with van der Waals surface area (Å²) >= 11 is 8.61. The van der Waals surface area contributed by atoms with Crippen LogP contribution in [0.15, 0.2) is 47.5 Å². The molecule has 3 amide bonds. The van der Waals surface area contributed by atoms with Crippen LogP contribution in [-0.2, 0) is 19.1 Å². The Balaban J connectivity index is 0.941. The number of nitrogens with one attached hydrogen (secondary N) is 4. The highest BCUT2D eigenvalue weighted by Crippen LogP contribution is 2.39. The first kappa shape index (κ1) is 42.0. The normalized spacial score (nSPS) is 13.2. The highest BCUT2D eigenvalue weighted by molar-refractivity contribution is 7.19. The van der Waals surface area contributed by atoms with Crippen molar-refractivity contribution in [3.05, 3.63) is 102 Å². The maximum Gasteiger partial charge on any atom is 0.348 e. The summed E-state index contributed by atoms with van der Waals surface area (Å²) in [5.41, 5.74) is 5.02. The van der Waals surface area contributed by atoms with Gasteiger partial charge in [0.1, 0.15) is 22.6 Å². The standard InChI is InChI=1S/C38H41ClN10O7S2/c1-20-22(3)57-37-32(20)33(25-6-8-26(39)9-7-25)44-30(34-47-46-23(4)48(34)37)19-31(51)41-13-15-56-17-16-55-14-12-40-27-10-11-28(29(18-27)43-24(5)50)35(52)45-38-42-21(2)36(58-38)49(53)54/h6-11,18,30,40H,12-17,19H2,1-5H3,(H,41,51)(H,43,50)(H,42,45,52)/t30-/m0/s1. The summed E-state index contributed by atoms with van der Waals surface area (Å²) in [6.07, 6.45) is 0.0691. The number of carbonyl (C=O) groups excluding carboxylic acids is 3. The molecule has 6 rings (SSSR count). The molecule has 1 aliphatic rings. The quantitative estimate of drug-likeness (QED) is 0.0460. The smallest absolute Gasteiger partial charge is 0.348 e. The number of anilines is 3. The number of hydrogen-bond acceptors (Lipinski definition) is 14. The average molecular weight is 849 g/mol. The summed E-state index contributed by atoms with van der Waals surface area (Å²) in [5.74, 6) is 0.166. The molecule has 0 fully saturated rings. The Labute approximate surface area is 346 Å². The van der Waals surface area contributed by atoms with E-state index in [1.54, 1.807) is 23.5 Å². The molecular weight excluding hydrogens is 808 g/mol. The fraction of sp³-hybridized carbons (Fsp3) is 0.342. The molecule has 58 heavy (non-hydrogen) atoms. The Morgan fingerprint density at radius 2 is 1.67 bits per heavy atom. The zero-order valence-electron chi connectivity index (χ0n) is 32.3. The van der Waals surface area contributed by atoms with E-state index in [1.807, 2.05) is 35.8 Å². The molecule has 2 aromatic carbocycles. The van der Waals surface area contributed by atoms with Gasteiger partial charge in [0.15, 0.2) is 11.0 Å². The largest absolute Gasteiger partial charge is 0.383 e. The number of hydrogen-bond donors (Lipinski definition) is 4. The second-order valence-corrected chi connectivity index (χ2v) is 15.8. The van der Waals surface area contributed by atoms with E-state index >= 15 is 0 Å². The van der Waals surface area contributed by atoms with E-state index in [-0.39, 0.29) is 51.9 Å². The molecule has 4 heterocycles. The Hall–Kier alpha value is -5.60. The molecule has 4 N–H and O–H groups in total. The number of fused-ring (bicyclic) bond motifs is 3. The maximum atomic E-state index is 13.2. The molecule has 3 aromatic heterocycles. The van der Waals surface area contributed by atoms with Gasteiger partial charge in [-0.1, -0.05) is 23.7 Å². The second-order valence-electron chi connectivity index (χ2n) is 13.2. The lowest BCUT2D eigenvalue weighted by Gasteiger charge is -2.14. The van der Waals surface area contributed by atoms with Crippen molar-refractivity contribution in [2.24, 2.45) is 4.99 Å². The van der Waals surface area contributed by atoms with Crippen LogP contribution in [0.3, 0.4) is 0 Å². The third-order valence-electron chi connectivity index (χ3n) is 8.99. The summed E-state index contributed by atoms with van der Waals surface area (Å²) in [5, 5.41) is 32.8. The highest BCUT2D eigenvalue weighted by Gasteiger charge is 2.32. The topological polar surface area (TPSA) is 217 Å². The fourth-order valence-electron chi connectivity index (χ4n) is 6.15. The van der Waals surface area contributed by atoms with E-state index < -0.39 is 16.9 Å². The van der Waals surface area contributed by atoms with Gasteiger partial charge >= 0.3 is 5.00 Å². The Bertz CT molecular complexity index is 2370. The van der Waals surface area contributed by atoms with Gasteiger partial charge < -0.3 is 25.4 Å². The van der Waals surface area contributed by atoms with Crippen molar-refractivity contribution in [3.63, 3.8) is 0 Å². The molecule has 0 bridgehead atoms. The number of rotatable bonds is 17. The van der Waals surface area contributed by atoms with E-state index in [9.17, 15) is 24.5 Å². The first-order valence-corrected chi connectivity index (χ1v) is 20.2. The minimum absolute atomic E-state index is 0.0691. The first-order chi connectivity index (χ1) is 27.8. The van der Waals surface area contributed by atoms with Crippen molar-refractivity contribution in [1.29, 1.82) is 0 Å². The van der Waals surface area contributed by atoms with Crippen LogP contribution in [0.2, 0.25) is 5.02 Å². The number of aryl methyl sites for hydroxylation is 3. The van der Waals surface area contributed by atoms with E-state index in [1.165, 1.54) is 19.9 Å². The van der Waals surface area contributed by atoms with Gasteiger partial charge in [-0.25, -0.2) is 4.98 Å². The monoisotopic (exact) mass is 848 g/mol. The van der Waals surface area contributed by atoms with Crippen LogP contribution < -0.4 is 21.3 Å². The SMILES string of the molecule is CC(=O)Nc1cc(NCCOCCOCCNC(=O)C[C@@H]2N=C(c3ccc(Cl)cc3)c3c(sc(C)c3C)-n3c(C)nnc32)ccc1C(=O)Nc1nc(C)c([N+](=O)[O-])s1. The van der Waals surface area contributed by atoms with Crippen LogP contribution in [-0.4, -0.2) is 87.6 Å². The Morgan fingerprint density at radius 1 is 0.948 bits per heavy atom. The third kappa shape index (κ3) is 9.91. The summed E-state index contributed by atoms with van der Waals surface area (Å²) in [6.45, 7) is 10.8. The van der Waals surface area contributed by atoms with Crippen molar-refractivity contribution in [1.82, 2.24) is 25.1 Å². The number of nitrogens with zero attached hydrogens (tertiary/aromatic N) is 6. The number of thiazole rings is 1. The van der Waals surface area contributed by atoms with E-state index in [2.05, 4.69) is 50.3 Å². The second kappa shape index (κ2) is 18.8. The maximum absolute atomic E-state index is 13.2. The van der Waals surface area contributed by atoms with Gasteiger partial charge in [-0.2, -0.15) is 0 Å². The van der Waals surface area contributed by atoms with Crippen molar-refractivity contribution in [3.8, 4) is 5.00 Å². The number of carbonyl (C=O) groups is 3. The minimum atomic E-state index is -0.581. The number of thiophene rings is 1. The zero-order valence-corrected chi connectivity index (χ0v) is 34.7. The van der Waals surface area contributed by atoms with Gasteiger partial charge in [-0.3, -0.25) is 39.4 Å². The van der Waals surface area contributed by atoms with Gasteiger partial charge in [-0.05, 0) is 74.9 Å². The predicted molar refractivity (Wildman–Crippen MR) is 223 cm³/mol. The Morgan fingerprint density at radius 3 is 2.36 bits per heavy atom. The molecule has 0 saturated heterocycles. The average Bonchev–Trinajstić information content (AvgIpc) is 3.81. The van der Waals surface area contributed by atoms with Crippen LogP contribution in [0.5, 0.6) is 0 Å². The molecule has 0 spiro atoms. The van der Waals surface area contributed by atoms with Gasteiger partial charge in [-0.15, -0.1) is 21.5 Å². The van der Waals surface area contributed by atoms with Gasteiger partial charge in [0.2, 0.25) is 11.8 Å². The van der Waals surface area contributed by atoms with Crippen molar-refractivity contribution >= 4 is 79.2 Å². The van der Waals surface area contributed by atoms with Gasteiger partial charge in [0.05, 0.1) is 54.7 Å². The number of nitro groups is 1. The number of aliphatic imine (C=N–C) groups is 1. The number of amides is 3. The van der Waals surface area contributed by atoms with Crippen LogP contribution in [0, 0.1) is 37.8 Å². The molecule has 304 valence electrons. The van der Waals surface area contributed by atoms with E-state index in [4.69, 9.17) is 26.1 Å². The van der Waals surface area contributed by atoms with Crippen molar-refractivity contribution in [2.45, 2.75) is 47.1 Å². The van der Waals surface area contributed by atoms with Gasteiger partial charge in [0.25, 0.3) is 5.91 Å². The molecule has 0 unspecified atom stereocenters. The minimum Gasteiger partial charge on any atom is -0.383 e. The molecule has 0 saturated carbocycles. The zero-order chi connectivity index (χ0) is 41.5. The number of benzene rings is 2. The lowest BCUT2D eigenvalue weighted by atomic mass is 9.99. The van der Waals surface area contributed by atoms with Crippen molar-refractivity contribution in [2.75, 3.05) is 55.5 Å². The lowest BCUT2D eigenvalue weighted by molar-refractivity contribution is -0.380. The number of ether oxygens (including phenoxy) is 2. The molecule has 20 heteroatoms. The third-order valence-corrected chi connectivity index (χ3v) is 11.5. The molecule has 0 radical (unpaired) electrons. The van der Waals surface area contributed by atoms with E-state index in [0.717, 1.165) is 49.4 Å². The number of halogens is 1. The highest BCUT2D eigenvalue weighted by atomic mass is 35.5. The summed E-state index contributed by atoms with van der Waals surface area (Å²) in [7, 11) is 0. The lowest BCUT2D eigenvalue weighted by Crippen LogP contribution is -2.29. The van der Waals surface area contributed by atoms with Gasteiger partial charge in [0, 0.05) is 46.7 Å². The Kier molecular flexibility index (Phi) is 13.6. The molecule has 5 aromatic rings. The molecular formula is C38H41ClN10O7S2. The molecule has 1 aliphatic heterocycles. The summed E-state index contributed by atoms with van der Waals surface area (Å²) in [4.78, 5) is 59.0. The summed E-state index contributed by atoms with van der Waals surface area (Å²) in [6, 6.07) is 11.8. The first-order valence-electron chi connectivity index (χ1n) is 18.2.